The summed E-state index contributed by atoms with van der Waals surface area (Å²) < 4.78 is 0. The maximum atomic E-state index is 13.4. The Morgan fingerprint density at radius 2 is 1.61 bits per heavy atom. The van der Waals surface area contributed by atoms with E-state index in [1.807, 2.05) is 56.3 Å². The summed E-state index contributed by atoms with van der Waals surface area (Å²) >= 11 is 0. The van der Waals surface area contributed by atoms with Crippen molar-refractivity contribution in [3.63, 3.8) is 0 Å². The number of amides is 2. The summed E-state index contributed by atoms with van der Waals surface area (Å²) in [5.74, 6) is -0.0216. The molecular formula is C27H34N2O2. The molecule has 3 fully saturated rings. The molecule has 5 rings (SSSR count). The van der Waals surface area contributed by atoms with Crippen LogP contribution in [-0.4, -0.2) is 29.3 Å². The van der Waals surface area contributed by atoms with E-state index in [2.05, 4.69) is 31.0 Å². The Labute approximate surface area is 186 Å². The number of aryl methyl sites for hydroxylation is 2. The fourth-order valence-corrected chi connectivity index (χ4v) is 5.92. The number of anilines is 1. The fourth-order valence-electron chi connectivity index (χ4n) is 5.92. The van der Waals surface area contributed by atoms with Crippen LogP contribution in [0, 0.1) is 24.7 Å². The van der Waals surface area contributed by atoms with Crippen molar-refractivity contribution in [2.45, 2.75) is 66.3 Å². The lowest BCUT2D eigenvalue weighted by Gasteiger charge is -2.42. The molecular weight excluding hydrogens is 384 g/mol. The zero-order valence-electron chi connectivity index (χ0n) is 19.4. The molecule has 2 bridgehead atoms. The monoisotopic (exact) mass is 418 g/mol. The van der Waals surface area contributed by atoms with Crippen LogP contribution >= 0.6 is 0 Å². The van der Waals surface area contributed by atoms with Gasteiger partial charge in [-0.3, -0.25) is 9.59 Å². The first-order valence-electron chi connectivity index (χ1n) is 11.3. The molecule has 2 aromatic rings. The van der Waals surface area contributed by atoms with Gasteiger partial charge in [0.05, 0.1) is 0 Å². The first kappa shape index (κ1) is 21.6. The van der Waals surface area contributed by atoms with Crippen LogP contribution in [-0.2, 0) is 0 Å². The van der Waals surface area contributed by atoms with Gasteiger partial charge in [0.15, 0.2) is 0 Å². The molecule has 2 heterocycles. The normalized spacial score (nSPS) is 24.5. The van der Waals surface area contributed by atoms with Gasteiger partial charge in [0.2, 0.25) is 0 Å². The van der Waals surface area contributed by atoms with Crippen LogP contribution in [0.15, 0.2) is 42.5 Å². The van der Waals surface area contributed by atoms with Gasteiger partial charge in [0, 0.05) is 29.4 Å². The van der Waals surface area contributed by atoms with E-state index >= 15 is 0 Å². The molecule has 2 amide bonds. The average Bonchev–Trinajstić information content (AvgIpc) is 2.87. The molecule has 0 radical (unpaired) electrons. The molecule has 1 N–H and O–H groups in total. The first-order chi connectivity index (χ1) is 14.5. The topological polar surface area (TPSA) is 49.4 Å². The number of rotatable bonds is 3. The van der Waals surface area contributed by atoms with Gasteiger partial charge < -0.3 is 10.2 Å². The van der Waals surface area contributed by atoms with Crippen molar-refractivity contribution in [1.29, 1.82) is 0 Å². The number of benzene rings is 2. The molecule has 2 aromatic carbocycles. The molecule has 164 valence electrons. The van der Waals surface area contributed by atoms with E-state index in [4.69, 9.17) is 0 Å². The van der Waals surface area contributed by atoms with E-state index in [0.717, 1.165) is 30.5 Å². The van der Waals surface area contributed by atoms with E-state index < -0.39 is 0 Å². The predicted molar refractivity (Wildman–Crippen MR) is 125 cm³/mol. The Kier molecular flexibility index (Phi) is 5.45. The van der Waals surface area contributed by atoms with Gasteiger partial charge in [0.1, 0.15) is 0 Å². The van der Waals surface area contributed by atoms with Crippen LogP contribution in [0.3, 0.4) is 0 Å². The van der Waals surface area contributed by atoms with Crippen LogP contribution in [0.4, 0.5) is 5.69 Å². The van der Waals surface area contributed by atoms with Crippen molar-refractivity contribution in [2.24, 2.45) is 10.8 Å². The number of hydrogen-bond donors (Lipinski definition) is 1. The van der Waals surface area contributed by atoms with Crippen LogP contribution in [0.5, 0.6) is 0 Å². The molecule has 2 unspecified atom stereocenters. The van der Waals surface area contributed by atoms with Crippen molar-refractivity contribution in [3.8, 4) is 0 Å². The second-order valence-electron chi connectivity index (χ2n) is 10.9. The standard InChI is InChI=1S/C27H34N2O2/c1-18-12-19(2)14-21(13-18)24(30)28-22-8-6-20(7-9-22)25(31)29-17-27(5)11-10-23(29)15-26(3,4)16-27/h6-9,12-14,23H,10-11,15-17H2,1-5H3,(H,28,30). The minimum Gasteiger partial charge on any atom is -0.335 e. The number of fused-ring (bicyclic) bond motifs is 4. The van der Waals surface area contributed by atoms with Gasteiger partial charge in [-0.2, -0.15) is 0 Å². The third-order valence-corrected chi connectivity index (χ3v) is 6.90. The Morgan fingerprint density at radius 3 is 2.26 bits per heavy atom. The van der Waals surface area contributed by atoms with Crippen LogP contribution in [0.2, 0.25) is 0 Å². The highest BCUT2D eigenvalue weighted by molar-refractivity contribution is 6.04. The quantitative estimate of drug-likeness (QED) is 0.666. The van der Waals surface area contributed by atoms with E-state index in [1.54, 1.807) is 0 Å². The minimum atomic E-state index is -0.133. The Morgan fingerprint density at radius 1 is 0.968 bits per heavy atom. The number of nitrogens with zero attached hydrogens (tertiary/aromatic N) is 1. The maximum Gasteiger partial charge on any atom is 0.255 e. The predicted octanol–water partition coefficient (Wildman–Crippen LogP) is 5.99. The molecule has 1 saturated carbocycles. The van der Waals surface area contributed by atoms with Crippen molar-refractivity contribution < 1.29 is 9.59 Å². The smallest absolute Gasteiger partial charge is 0.255 e. The van der Waals surface area contributed by atoms with Crippen molar-refractivity contribution in [3.05, 3.63) is 64.7 Å². The van der Waals surface area contributed by atoms with Gasteiger partial charge in [0.25, 0.3) is 11.8 Å². The van der Waals surface area contributed by atoms with Gasteiger partial charge >= 0.3 is 0 Å². The third kappa shape index (κ3) is 4.68. The van der Waals surface area contributed by atoms with E-state index in [1.165, 1.54) is 12.8 Å². The molecule has 0 spiro atoms. The lowest BCUT2D eigenvalue weighted by molar-refractivity contribution is 0.0430. The van der Waals surface area contributed by atoms with Crippen molar-refractivity contribution >= 4 is 17.5 Å². The summed E-state index contributed by atoms with van der Waals surface area (Å²) in [6, 6.07) is 13.5. The van der Waals surface area contributed by atoms with Crippen LogP contribution in [0.25, 0.3) is 0 Å². The second-order valence-corrected chi connectivity index (χ2v) is 10.9. The average molecular weight is 419 g/mol. The highest BCUT2D eigenvalue weighted by Crippen LogP contribution is 2.50. The number of piperidine rings is 1. The van der Waals surface area contributed by atoms with Crippen molar-refractivity contribution in [2.75, 3.05) is 11.9 Å². The highest BCUT2D eigenvalue weighted by Gasteiger charge is 2.46. The third-order valence-electron chi connectivity index (χ3n) is 6.90. The fraction of sp³-hybridized carbons (Fsp3) is 0.481. The van der Waals surface area contributed by atoms with Gasteiger partial charge in [-0.25, -0.2) is 0 Å². The van der Waals surface area contributed by atoms with E-state index in [-0.39, 0.29) is 22.6 Å². The lowest BCUT2D eigenvalue weighted by Crippen LogP contribution is -2.48. The van der Waals surface area contributed by atoms with Gasteiger partial charge in [-0.1, -0.05) is 38.0 Å². The number of nitrogens with one attached hydrogen (secondary N) is 1. The summed E-state index contributed by atoms with van der Waals surface area (Å²) in [6.45, 7) is 11.8. The number of carbonyl (C=O) groups is 2. The SMILES string of the molecule is Cc1cc(C)cc(C(=O)Nc2ccc(C(=O)N3CC4(C)CCC3CC(C)(C)C4)cc2)c1. The van der Waals surface area contributed by atoms with Crippen molar-refractivity contribution in [1.82, 2.24) is 4.90 Å². The largest absolute Gasteiger partial charge is 0.335 e. The summed E-state index contributed by atoms with van der Waals surface area (Å²) in [5, 5.41) is 2.95. The number of hydrogen-bond acceptors (Lipinski definition) is 2. The highest BCUT2D eigenvalue weighted by atomic mass is 16.2. The summed E-state index contributed by atoms with van der Waals surface area (Å²) in [6.07, 6.45) is 4.53. The maximum absolute atomic E-state index is 13.4. The molecule has 31 heavy (non-hydrogen) atoms. The zero-order chi connectivity index (χ0) is 22.4. The van der Waals surface area contributed by atoms with Gasteiger partial charge in [-0.15, -0.1) is 0 Å². The molecule has 3 aliphatic rings. The molecule has 0 aromatic heterocycles. The molecule has 4 heteroatoms. The molecule has 1 aliphatic carbocycles. The summed E-state index contributed by atoms with van der Waals surface area (Å²) in [7, 11) is 0. The Bertz CT molecular complexity index is 988. The summed E-state index contributed by atoms with van der Waals surface area (Å²) in [4.78, 5) is 28.1. The molecule has 2 atom stereocenters. The second kappa shape index (κ2) is 7.81. The number of carbonyl (C=O) groups excluding carboxylic acids is 2. The summed E-state index contributed by atoms with van der Waals surface area (Å²) in [5.41, 5.74) is 4.64. The van der Waals surface area contributed by atoms with E-state index in [0.29, 0.717) is 22.9 Å². The first-order valence-corrected chi connectivity index (χ1v) is 11.3. The minimum absolute atomic E-state index is 0.112. The lowest BCUT2D eigenvalue weighted by atomic mass is 9.73. The van der Waals surface area contributed by atoms with Gasteiger partial charge in [-0.05, 0) is 86.8 Å². The molecule has 4 nitrogen and oxygen atoms in total. The van der Waals surface area contributed by atoms with Crippen LogP contribution < -0.4 is 5.32 Å². The van der Waals surface area contributed by atoms with Crippen LogP contribution in [0.1, 0.15) is 78.3 Å². The Balaban J connectivity index is 1.48. The van der Waals surface area contributed by atoms with E-state index in [9.17, 15) is 9.59 Å². The zero-order valence-corrected chi connectivity index (χ0v) is 19.4. The molecule has 2 saturated heterocycles. The molecule has 2 aliphatic heterocycles. The Hall–Kier alpha value is -2.62.